The molecule has 1 fully saturated rings. The summed E-state index contributed by atoms with van der Waals surface area (Å²) in [7, 11) is 0. The Hall–Kier alpha value is -0.810. The van der Waals surface area contributed by atoms with Crippen LogP contribution in [-0.2, 0) is 4.79 Å². The molecule has 5 atom stereocenters. The standard InChI is InChI=1S/C6H14O6.C5H9NO2/c7-1-3(9)5(11)6(12)4(10)2-8;7-5(8)4-2-1-3-6-4/h3-12H,1-2H2;4,6H,1-3H2,(H,7,8)/t;4-/m.0/s1. The molecule has 1 aliphatic heterocycles. The van der Waals surface area contributed by atoms with Crippen molar-refractivity contribution in [3.05, 3.63) is 0 Å². The fourth-order valence-electron chi connectivity index (χ4n) is 1.57. The average Bonchev–Trinajstić information content (AvgIpc) is 2.99. The second-order valence-electron chi connectivity index (χ2n) is 4.47. The Kier molecular flexibility index (Phi) is 9.59. The van der Waals surface area contributed by atoms with Crippen LogP contribution in [0.3, 0.4) is 0 Å². The number of aliphatic carboxylic acids is 1. The highest BCUT2D eigenvalue weighted by molar-refractivity contribution is 5.73. The Morgan fingerprint density at radius 2 is 1.50 bits per heavy atom. The predicted octanol–water partition coefficient (Wildman–Crippen LogP) is -3.76. The summed E-state index contributed by atoms with van der Waals surface area (Å²) in [6.45, 7) is -0.594. The van der Waals surface area contributed by atoms with E-state index in [0.29, 0.717) is 0 Å². The van der Waals surface area contributed by atoms with Crippen LogP contribution in [0.25, 0.3) is 0 Å². The van der Waals surface area contributed by atoms with E-state index in [-0.39, 0.29) is 6.04 Å². The Bertz CT molecular complexity index is 257. The van der Waals surface area contributed by atoms with Gasteiger partial charge in [-0.25, -0.2) is 0 Å². The quantitative estimate of drug-likeness (QED) is 0.245. The zero-order valence-electron chi connectivity index (χ0n) is 11.0. The second-order valence-corrected chi connectivity index (χ2v) is 4.47. The van der Waals surface area contributed by atoms with Crippen LogP contribution in [0.15, 0.2) is 0 Å². The zero-order valence-corrected chi connectivity index (χ0v) is 11.0. The predicted molar refractivity (Wildman–Crippen MR) is 66.9 cm³/mol. The molecule has 1 heterocycles. The molecular formula is C11H23NO8. The molecule has 1 saturated heterocycles. The van der Waals surface area contributed by atoms with Gasteiger partial charge in [-0.2, -0.15) is 0 Å². The molecule has 1 rings (SSSR count). The molecule has 8 N–H and O–H groups in total. The lowest BCUT2D eigenvalue weighted by molar-refractivity contribution is -0.139. The zero-order chi connectivity index (χ0) is 15.7. The van der Waals surface area contributed by atoms with Gasteiger partial charge in [0, 0.05) is 0 Å². The van der Waals surface area contributed by atoms with Crippen LogP contribution in [-0.4, -0.2) is 91.9 Å². The summed E-state index contributed by atoms with van der Waals surface area (Å²) >= 11 is 0. The molecule has 0 aromatic heterocycles. The molecule has 0 saturated carbocycles. The van der Waals surface area contributed by atoms with Gasteiger partial charge in [-0.15, -0.1) is 0 Å². The highest BCUT2D eigenvalue weighted by Crippen LogP contribution is 2.04. The highest BCUT2D eigenvalue weighted by Gasteiger charge is 2.29. The summed E-state index contributed by atoms with van der Waals surface area (Å²) in [5.41, 5.74) is 0. The number of carboxylic acid groups (broad SMARTS) is 1. The SMILES string of the molecule is O=C(O)[C@@H]1CCCN1.OCC(O)C(O)C(O)C(O)CO. The van der Waals surface area contributed by atoms with Gasteiger partial charge >= 0.3 is 5.97 Å². The lowest BCUT2D eigenvalue weighted by Crippen LogP contribution is -2.46. The topological polar surface area (TPSA) is 171 Å². The molecular weight excluding hydrogens is 274 g/mol. The van der Waals surface area contributed by atoms with Crippen LogP contribution in [0.1, 0.15) is 12.8 Å². The normalized spacial score (nSPS) is 24.2. The van der Waals surface area contributed by atoms with E-state index in [1.807, 2.05) is 0 Å². The lowest BCUT2D eigenvalue weighted by atomic mass is 10.0. The molecule has 1 aliphatic rings. The third kappa shape index (κ3) is 6.57. The first-order valence-electron chi connectivity index (χ1n) is 6.25. The van der Waals surface area contributed by atoms with Crippen LogP contribution in [0.5, 0.6) is 0 Å². The van der Waals surface area contributed by atoms with Crippen LogP contribution in [0.4, 0.5) is 0 Å². The van der Waals surface area contributed by atoms with Crippen molar-refractivity contribution in [2.75, 3.05) is 19.8 Å². The molecule has 0 spiro atoms. The number of hydrogen-bond donors (Lipinski definition) is 8. The van der Waals surface area contributed by atoms with Gasteiger partial charge in [-0.1, -0.05) is 0 Å². The van der Waals surface area contributed by atoms with Crippen molar-refractivity contribution in [1.82, 2.24) is 5.32 Å². The first-order valence-corrected chi connectivity index (χ1v) is 6.25. The van der Waals surface area contributed by atoms with Crippen molar-refractivity contribution >= 4 is 5.97 Å². The smallest absolute Gasteiger partial charge is 0.320 e. The summed E-state index contributed by atoms with van der Waals surface area (Å²) in [5, 5.41) is 63.4. The molecule has 0 aromatic rings. The largest absolute Gasteiger partial charge is 0.480 e. The Labute approximate surface area is 116 Å². The van der Waals surface area contributed by atoms with Gasteiger partial charge in [0.05, 0.1) is 13.2 Å². The summed E-state index contributed by atoms with van der Waals surface area (Å²) in [6, 6.07) is -0.269. The van der Waals surface area contributed by atoms with Crippen molar-refractivity contribution in [2.24, 2.45) is 0 Å². The van der Waals surface area contributed by atoms with E-state index < -0.39 is 43.6 Å². The first-order chi connectivity index (χ1) is 9.34. The van der Waals surface area contributed by atoms with Gasteiger partial charge in [0.15, 0.2) is 0 Å². The molecule has 0 bridgehead atoms. The number of carboxylic acids is 1. The maximum Gasteiger partial charge on any atom is 0.320 e. The number of rotatable bonds is 6. The number of carbonyl (C=O) groups is 1. The summed E-state index contributed by atoms with van der Waals surface area (Å²) < 4.78 is 0. The third-order valence-corrected chi connectivity index (χ3v) is 2.87. The van der Waals surface area contributed by atoms with Crippen LogP contribution in [0.2, 0.25) is 0 Å². The summed E-state index contributed by atoms with van der Waals surface area (Å²) in [6.07, 6.45) is -4.61. The maximum atomic E-state index is 10.1. The van der Waals surface area contributed by atoms with Gasteiger partial charge in [-0.05, 0) is 19.4 Å². The van der Waals surface area contributed by atoms with Gasteiger partial charge in [0.1, 0.15) is 30.5 Å². The van der Waals surface area contributed by atoms with Crippen molar-refractivity contribution in [3.63, 3.8) is 0 Å². The molecule has 9 nitrogen and oxygen atoms in total. The Morgan fingerprint density at radius 1 is 1.05 bits per heavy atom. The number of aliphatic hydroxyl groups excluding tert-OH is 6. The third-order valence-electron chi connectivity index (χ3n) is 2.87. The number of aliphatic hydroxyl groups is 6. The monoisotopic (exact) mass is 297 g/mol. The fraction of sp³-hybridized carbons (Fsp3) is 0.909. The number of nitrogens with one attached hydrogen (secondary N) is 1. The van der Waals surface area contributed by atoms with E-state index in [9.17, 15) is 4.79 Å². The maximum absolute atomic E-state index is 10.1. The molecule has 0 aliphatic carbocycles. The van der Waals surface area contributed by atoms with Crippen molar-refractivity contribution in [1.29, 1.82) is 0 Å². The molecule has 9 heteroatoms. The van der Waals surface area contributed by atoms with Crippen LogP contribution >= 0.6 is 0 Å². The average molecular weight is 297 g/mol. The van der Waals surface area contributed by atoms with Crippen molar-refractivity contribution < 1.29 is 40.5 Å². The molecule has 0 radical (unpaired) electrons. The van der Waals surface area contributed by atoms with Gasteiger partial charge < -0.3 is 41.1 Å². The summed E-state index contributed by atoms with van der Waals surface area (Å²) in [5.74, 6) is -0.720. The molecule has 0 aromatic carbocycles. The minimum Gasteiger partial charge on any atom is -0.480 e. The van der Waals surface area contributed by atoms with Crippen LogP contribution in [0, 0.1) is 0 Å². The molecule has 4 unspecified atom stereocenters. The molecule has 0 amide bonds. The molecule has 20 heavy (non-hydrogen) atoms. The fourth-order valence-corrected chi connectivity index (χ4v) is 1.57. The Balaban J connectivity index is 0.000000388. The molecule has 120 valence electrons. The minimum absolute atomic E-state index is 0.269. The summed E-state index contributed by atoms with van der Waals surface area (Å²) in [4.78, 5) is 10.1. The van der Waals surface area contributed by atoms with Gasteiger partial charge in [-0.3, -0.25) is 4.79 Å². The Morgan fingerprint density at radius 3 is 1.70 bits per heavy atom. The van der Waals surface area contributed by atoms with E-state index in [0.717, 1.165) is 19.4 Å². The highest BCUT2D eigenvalue weighted by atomic mass is 16.4. The minimum atomic E-state index is -1.67. The van der Waals surface area contributed by atoms with E-state index in [1.54, 1.807) is 0 Å². The van der Waals surface area contributed by atoms with Gasteiger partial charge in [0.25, 0.3) is 0 Å². The van der Waals surface area contributed by atoms with E-state index >= 15 is 0 Å². The van der Waals surface area contributed by atoms with Crippen LogP contribution < -0.4 is 5.32 Å². The van der Waals surface area contributed by atoms with Crippen molar-refractivity contribution in [3.8, 4) is 0 Å². The first kappa shape index (κ1) is 19.2. The van der Waals surface area contributed by atoms with E-state index in [2.05, 4.69) is 5.32 Å². The van der Waals surface area contributed by atoms with E-state index in [4.69, 9.17) is 35.7 Å². The van der Waals surface area contributed by atoms with E-state index in [1.165, 1.54) is 0 Å². The van der Waals surface area contributed by atoms with Gasteiger partial charge in [0.2, 0.25) is 0 Å². The lowest BCUT2D eigenvalue weighted by Gasteiger charge is -2.24. The number of hydrogen-bond acceptors (Lipinski definition) is 8. The van der Waals surface area contributed by atoms with Crippen molar-refractivity contribution in [2.45, 2.75) is 43.3 Å². The second kappa shape index (κ2) is 10.00.